The van der Waals surface area contributed by atoms with Crippen LogP contribution in [-0.4, -0.2) is 20.6 Å². The van der Waals surface area contributed by atoms with Crippen molar-refractivity contribution in [1.82, 2.24) is 9.78 Å². The van der Waals surface area contributed by atoms with Crippen LogP contribution in [0.4, 0.5) is 11.4 Å². The van der Waals surface area contributed by atoms with Crippen LogP contribution in [0.2, 0.25) is 0 Å². The maximum absolute atomic E-state index is 12.4. The number of carbonyl (C=O) groups excluding carboxylic acids is 1. The van der Waals surface area contributed by atoms with Gasteiger partial charge in [0, 0.05) is 39.7 Å². The second-order valence-electron chi connectivity index (χ2n) is 6.49. The SMILES string of the molecule is Cc1ccc(Sc2cc(NC(=O)CCn3ncc(Br)c3C)cc([N+](=O)[O-])c2)cc1. The third-order valence-corrected chi connectivity index (χ3v) is 5.99. The standard InChI is InChI=1S/C20H19BrN4O3S/c1-13-3-5-17(6-4-13)29-18-10-15(9-16(11-18)25(27)28)23-20(26)7-8-24-14(2)19(21)12-22-24/h3-6,9-12H,7-8H2,1-2H3,(H,23,26). The van der Waals surface area contributed by atoms with Crippen molar-refractivity contribution in [2.75, 3.05) is 5.32 Å². The zero-order chi connectivity index (χ0) is 21.0. The minimum absolute atomic E-state index is 0.0655. The molecule has 0 aliphatic carbocycles. The fraction of sp³-hybridized carbons (Fsp3) is 0.200. The third kappa shape index (κ3) is 5.68. The molecule has 0 unspecified atom stereocenters. The number of carbonyl (C=O) groups is 1. The Hall–Kier alpha value is -2.65. The maximum Gasteiger partial charge on any atom is 0.272 e. The summed E-state index contributed by atoms with van der Waals surface area (Å²) in [7, 11) is 0. The molecule has 0 spiro atoms. The summed E-state index contributed by atoms with van der Waals surface area (Å²) in [5, 5.41) is 18.3. The predicted octanol–water partition coefficient (Wildman–Crippen LogP) is 5.35. The lowest BCUT2D eigenvalue weighted by Gasteiger charge is -2.09. The molecule has 0 saturated heterocycles. The minimum atomic E-state index is -0.459. The summed E-state index contributed by atoms with van der Waals surface area (Å²) >= 11 is 4.80. The molecule has 1 N–H and O–H groups in total. The molecule has 0 aliphatic heterocycles. The Labute approximate surface area is 180 Å². The van der Waals surface area contributed by atoms with Gasteiger partial charge in [-0.25, -0.2) is 0 Å². The highest BCUT2D eigenvalue weighted by atomic mass is 79.9. The van der Waals surface area contributed by atoms with Crippen molar-refractivity contribution in [1.29, 1.82) is 0 Å². The van der Waals surface area contributed by atoms with Gasteiger partial charge in [0.25, 0.3) is 5.69 Å². The number of hydrogen-bond donors (Lipinski definition) is 1. The molecule has 0 aliphatic rings. The zero-order valence-corrected chi connectivity index (χ0v) is 18.3. The van der Waals surface area contributed by atoms with E-state index in [4.69, 9.17) is 0 Å². The van der Waals surface area contributed by atoms with E-state index in [0.29, 0.717) is 17.1 Å². The molecule has 7 nitrogen and oxygen atoms in total. The van der Waals surface area contributed by atoms with Crippen LogP contribution in [0.3, 0.4) is 0 Å². The lowest BCUT2D eigenvalue weighted by Crippen LogP contribution is -2.15. The molecule has 29 heavy (non-hydrogen) atoms. The first-order valence-electron chi connectivity index (χ1n) is 8.83. The van der Waals surface area contributed by atoms with Crippen molar-refractivity contribution < 1.29 is 9.72 Å². The Morgan fingerprint density at radius 2 is 1.93 bits per heavy atom. The number of aryl methyl sites for hydroxylation is 2. The van der Waals surface area contributed by atoms with Crippen molar-refractivity contribution in [2.24, 2.45) is 0 Å². The van der Waals surface area contributed by atoms with E-state index in [1.165, 1.54) is 23.9 Å². The molecule has 1 amide bonds. The van der Waals surface area contributed by atoms with Gasteiger partial charge in [-0.3, -0.25) is 19.6 Å². The van der Waals surface area contributed by atoms with Crippen LogP contribution in [-0.2, 0) is 11.3 Å². The Morgan fingerprint density at radius 1 is 1.21 bits per heavy atom. The number of nitro benzene ring substituents is 1. The summed E-state index contributed by atoms with van der Waals surface area (Å²) in [4.78, 5) is 24.9. The summed E-state index contributed by atoms with van der Waals surface area (Å²) < 4.78 is 2.62. The Bertz CT molecular complexity index is 1050. The summed E-state index contributed by atoms with van der Waals surface area (Å²) in [5.41, 5.74) is 2.41. The highest BCUT2D eigenvalue weighted by Crippen LogP contribution is 2.33. The van der Waals surface area contributed by atoms with E-state index in [-0.39, 0.29) is 18.0 Å². The minimum Gasteiger partial charge on any atom is -0.326 e. The van der Waals surface area contributed by atoms with Gasteiger partial charge >= 0.3 is 0 Å². The van der Waals surface area contributed by atoms with Crippen LogP contribution in [0.5, 0.6) is 0 Å². The molecule has 0 radical (unpaired) electrons. The number of nitro groups is 1. The van der Waals surface area contributed by atoms with Gasteiger partial charge in [-0.05, 0) is 48.0 Å². The highest BCUT2D eigenvalue weighted by Gasteiger charge is 2.13. The maximum atomic E-state index is 12.4. The number of amides is 1. The number of nitrogens with zero attached hydrogens (tertiary/aromatic N) is 3. The van der Waals surface area contributed by atoms with Crippen molar-refractivity contribution in [3.63, 3.8) is 0 Å². The van der Waals surface area contributed by atoms with Gasteiger partial charge in [0.2, 0.25) is 5.91 Å². The average molecular weight is 475 g/mol. The van der Waals surface area contributed by atoms with E-state index in [2.05, 4.69) is 26.3 Å². The quantitative estimate of drug-likeness (QED) is 0.368. The Kier molecular flexibility index (Phi) is 6.71. The smallest absolute Gasteiger partial charge is 0.272 e. The van der Waals surface area contributed by atoms with Crippen molar-refractivity contribution in [3.05, 3.63) is 74.5 Å². The average Bonchev–Trinajstić information content (AvgIpc) is 3.00. The van der Waals surface area contributed by atoms with E-state index < -0.39 is 4.92 Å². The van der Waals surface area contributed by atoms with Crippen LogP contribution in [0.25, 0.3) is 0 Å². The van der Waals surface area contributed by atoms with E-state index in [1.54, 1.807) is 16.9 Å². The summed E-state index contributed by atoms with van der Waals surface area (Å²) in [6.45, 7) is 4.33. The molecule has 150 valence electrons. The number of halogens is 1. The van der Waals surface area contributed by atoms with Gasteiger partial charge in [0.15, 0.2) is 0 Å². The number of nitrogens with one attached hydrogen (secondary N) is 1. The number of benzene rings is 2. The number of aromatic nitrogens is 2. The first-order valence-corrected chi connectivity index (χ1v) is 10.4. The normalized spacial score (nSPS) is 10.7. The van der Waals surface area contributed by atoms with Crippen LogP contribution in [0.15, 0.2) is 62.9 Å². The molecule has 3 rings (SSSR count). The van der Waals surface area contributed by atoms with Gasteiger partial charge in [0.05, 0.1) is 22.1 Å². The number of non-ortho nitro benzene ring substituents is 1. The van der Waals surface area contributed by atoms with Crippen LogP contribution in [0.1, 0.15) is 17.7 Å². The number of anilines is 1. The fourth-order valence-electron chi connectivity index (χ4n) is 2.64. The molecular weight excluding hydrogens is 456 g/mol. The van der Waals surface area contributed by atoms with Crippen LogP contribution < -0.4 is 5.32 Å². The lowest BCUT2D eigenvalue weighted by atomic mass is 10.2. The Morgan fingerprint density at radius 3 is 2.55 bits per heavy atom. The zero-order valence-electron chi connectivity index (χ0n) is 15.9. The fourth-order valence-corrected chi connectivity index (χ4v) is 3.85. The summed E-state index contributed by atoms with van der Waals surface area (Å²) in [5.74, 6) is -0.234. The molecular formula is C20H19BrN4O3S. The first kappa shape index (κ1) is 21.1. The molecule has 3 aromatic rings. The molecule has 9 heteroatoms. The van der Waals surface area contributed by atoms with Gasteiger partial charge in [0.1, 0.15) is 0 Å². The van der Waals surface area contributed by atoms with Crippen LogP contribution >= 0.6 is 27.7 Å². The number of rotatable bonds is 7. The van der Waals surface area contributed by atoms with Gasteiger partial charge in [-0.2, -0.15) is 5.10 Å². The van der Waals surface area contributed by atoms with E-state index in [1.807, 2.05) is 38.1 Å². The summed E-state index contributed by atoms with van der Waals surface area (Å²) in [6.07, 6.45) is 1.89. The van der Waals surface area contributed by atoms with Crippen molar-refractivity contribution in [3.8, 4) is 0 Å². The topological polar surface area (TPSA) is 90.1 Å². The van der Waals surface area contributed by atoms with Gasteiger partial charge in [-0.1, -0.05) is 29.5 Å². The first-order chi connectivity index (χ1) is 13.8. The van der Waals surface area contributed by atoms with Gasteiger partial charge in [-0.15, -0.1) is 0 Å². The molecule has 0 atom stereocenters. The second-order valence-corrected chi connectivity index (χ2v) is 8.49. The Balaban J connectivity index is 1.72. The van der Waals surface area contributed by atoms with E-state index in [0.717, 1.165) is 20.6 Å². The second kappa shape index (κ2) is 9.23. The molecule has 0 fully saturated rings. The molecule has 2 aromatic carbocycles. The summed E-state index contributed by atoms with van der Waals surface area (Å²) in [6, 6.07) is 12.5. The number of hydrogen-bond acceptors (Lipinski definition) is 5. The van der Waals surface area contributed by atoms with Crippen molar-refractivity contribution >= 4 is 45.0 Å². The molecule has 1 aromatic heterocycles. The molecule has 0 bridgehead atoms. The van der Waals surface area contributed by atoms with Crippen LogP contribution in [0, 0.1) is 24.0 Å². The third-order valence-electron chi connectivity index (χ3n) is 4.24. The van der Waals surface area contributed by atoms with E-state index >= 15 is 0 Å². The monoisotopic (exact) mass is 474 g/mol. The molecule has 0 saturated carbocycles. The molecule has 1 heterocycles. The highest BCUT2D eigenvalue weighted by molar-refractivity contribution is 9.10. The predicted molar refractivity (Wildman–Crippen MR) is 116 cm³/mol. The van der Waals surface area contributed by atoms with Gasteiger partial charge < -0.3 is 5.32 Å². The lowest BCUT2D eigenvalue weighted by molar-refractivity contribution is -0.385. The van der Waals surface area contributed by atoms with E-state index in [9.17, 15) is 14.9 Å². The largest absolute Gasteiger partial charge is 0.326 e. The van der Waals surface area contributed by atoms with Crippen molar-refractivity contribution in [2.45, 2.75) is 36.6 Å².